The number of nitrogens with two attached hydrogens (primary N) is 1. The Hall–Kier alpha value is -3.33. The highest BCUT2D eigenvalue weighted by molar-refractivity contribution is 7.13. The van der Waals surface area contributed by atoms with Crippen molar-refractivity contribution in [2.75, 3.05) is 0 Å². The van der Waals surface area contributed by atoms with E-state index < -0.39 is 17.5 Å². The molecule has 2 N–H and O–H groups in total. The van der Waals surface area contributed by atoms with Gasteiger partial charge in [-0.1, -0.05) is 11.2 Å². The van der Waals surface area contributed by atoms with Gasteiger partial charge < -0.3 is 14.8 Å². The maximum absolute atomic E-state index is 14.2. The number of hydrogen-bond acceptors (Lipinski definition) is 5. The summed E-state index contributed by atoms with van der Waals surface area (Å²) in [7, 11) is 0. The molecule has 0 radical (unpaired) electrons. The average molecular weight is 414 g/mol. The maximum Gasteiger partial charge on any atom is 0.250 e. The number of thiazole rings is 1. The Kier molecular flexibility index (Phi) is 4.75. The highest BCUT2D eigenvalue weighted by atomic mass is 32.1. The third-order valence-corrected chi connectivity index (χ3v) is 5.45. The van der Waals surface area contributed by atoms with E-state index in [0.29, 0.717) is 39.1 Å². The lowest BCUT2D eigenvalue weighted by Crippen LogP contribution is -2.13. The molecule has 0 saturated heterocycles. The van der Waals surface area contributed by atoms with Gasteiger partial charge in [0.25, 0.3) is 5.91 Å². The molecule has 0 spiro atoms. The predicted octanol–water partition coefficient (Wildman–Crippen LogP) is 4.31. The summed E-state index contributed by atoms with van der Waals surface area (Å²) in [4.78, 5) is 16.4. The summed E-state index contributed by atoms with van der Waals surface area (Å²) < 4.78 is 34.3. The van der Waals surface area contributed by atoms with Crippen LogP contribution in [0.5, 0.6) is 0 Å². The number of aromatic nitrogens is 3. The molecule has 0 aliphatic carbocycles. The zero-order chi connectivity index (χ0) is 20.7. The summed E-state index contributed by atoms with van der Waals surface area (Å²) in [5.41, 5.74) is 8.46. The molecule has 148 valence electrons. The number of amides is 1. The average Bonchev–Trinajstić information content (AvgIpc) is 3.37. The molecule has 6 nitrogen and oxygen atoms in total. The van der Waals surface area contributed by atoms with Crippen molar-refractivity contribution in [1.29, 1.82) is 0 Å². The lowest BCUT2D eigenvalue weighted by molar-refractivity contribution is 0.0999. The van der Waals surface area contributed by atoms with Crippen molar-refractivity contribution in [3.63, 3.8) is 0 Å². The minimum Gasteiger partial charge on any atom is -0.366 e. The van der Waals surface area contributed by atoms with E-state index in [-0.39, 0.29) is 12.1 Å². The van der Waals surface area contributed by atoms with Crippen LogP contribution in [-0.4, -0.2) is 20.6 Å². The standard InChI is InChI=1S/C20H16F2N4O2S/c1-10-5-16(25-28-10)20-24-17(9-29-20)18-7-14(19(23)27)11(2)26(18)8-12-3-4-13(21)6-15(12)22/h3-7,9H,8H2,1-2H3,(H2,23,27). The maximum atomic E-state index is 14.2. The molecule has 0 bridgehead atoms. The van der Waals surface area contributed by atoms with Crippen LogP contribution in [0.4, 0.5) is 8.78 Å². The molecule has 9 heteroatoms. The molecule has 4 rings (SSSR count). The molecule has 0 aliphatic rings. The van der Waals surface area contributed by atoms with E-state index in [2.05, 4.69) is 10.1 Å². The summed E-state index contributed by atoms with van der Waals surface area (Å²) in [6, 6.07) is 6.81. The lowest BCUT2D eigenvalue weighted by atomic mass is 10.2. The van der Waals surface area contributed by atoms with Gasteiger partial charge in [-0.05, 0) is 26.0 Å². The molecule has 3 heterocycles. The van der Waals surface area contributed by atoms with Crippen LogP contribution < -0.4 is 5.73 Å². The fourth-order valence-electron chi connectivity index (χ4n) is 3.11. The molecule has 0 fully saturated rings. The minimum absolute atomic E-state index is 0.0937. The van der Waals surface area contributed by atoms with E-state index >= 15 is 0 Å². The zero-order valence-electron chi connectivity index (χ0n) is 15.6. The van der Waals surface area contributed by atoms with Crippen molar-refractivity contribution < 1.29 is 18.1 Å². The zero-order valence-corrected chi connectivity index (χ0v) is 16.4. The second-order valence-corrected chi connectivity index (χ2v) is 7.43. The smallest absolute Gasteiger partial charge is 0.250 e. The van der Waals surface area contributed by atoms with Crippen LogP contribution in [0.1, 0.15) is 27.4 Å². The van der Waals surface area contributed by atoms with Gasteiger partial charge in [0.1, 0.15) is 28.1 Å². The molecule has 1 aromatic carbocycles. The van der Waals surface area contributed by atoms with Crippen molar-refractivity contribution in [2.45, 2.75) is 20.4 Å². The number of benzene rings is 1. The third kappa shape index (κ3) is 3.56. The number of halogens is 2. The van der Waals surface area contributed by atoms with Gasteiger partial charge in [0.2, 0.25) is 0 Å². The summed E-state index contributed by atoms with van der Waals surface area (Å²) in [5, 5.41) is 6.43. The van der Waals surface area contributed by atoms with Crippen LogP contribution in [-0.2, 0) is 6.54 Å². The lowest BCUT2D eigenvalue weighted by Gasteiger charge is -2.12. The Morgan fingerprint density at radius 2 is 2.00 bits per heavy atom. The summed E-state index contributed by atoms with van der Waals surface area (Å²) in [5.74, 6) is -1.24. The van der Waals surface area contributed by atoms with Crippen LogP contribution in [0.2, 0.25) is 0 Å². The molecular weight excluding hydrogens is 398 g/mol. The quantitative estimate of drug-likeness (QED) is 0.527. The fourth-order valence-corrected chi connectivity index (χ4v) is 3.87. The topological polar surface area (TPSA) is 86.9 Å². The van der Waals surface area contributed by atoms with Gasteiger partial charge >= 0.3 is 0 Å². The first kappa shape index (κ1) is 19.0. The van der Waals surface area contributed by atoms with Crippen LogP contribution in [0, 0.1) is 25.5 Å². The Balaban J connectivity index is 1.80. The third-order valence-electron chi connectivity index (χ3n) is 4.59. The number of nitrogens with zero attached hydrogens (tertiary/aromatic N) is 3. The van der Waals surface area contributed by atoms with Crippen LogP contribution >= 0.6 is 11.3 Å². The van der Waals surface area contributed by atoms with Crippen LogP contribution in [0.25, 0.3) is 22.1 Å². The van der Waals surface area contributed by atoms with Gasteiger partial charge in [0, 0.05) is 28.8 Å². The van der Waals surface area contributed by atoms with E-state index in [9.17, 15) is 13.6 Å². The number of carbonyl (C=O) groups is 1. The molecule has 4 aromatic rings. The molecule has 3 aromatic heterocycles. The van der Waals surface area contributed by atoms with E-state index in [4.69, 9.17) is 10.3 Å². The normalized spacial score (nSPS) is 11.2. The monoisotopic (exact) mass is 414 g/mol. The van der Waals surface area contributed by atoms with Gasteiger partial charge in [0.15, 0.2) is 0 Å². The largest absolute Gasteiger partial charge is 0.366 e. The Morgan fingerprint density at radius 1 is 1.21 bits per heavy atom. The Bertz CT molecular complexity index is 1230. The van der Waals surface area contributed by atoms with E-state index in [0.717, 1.165) is 6.07 Å². The van der Waals surface area contributed by atoms with Gasteiger partial charge in [-0.15, -0.1) is 11.3 Å². The van der Waals surface area contributed by atoms with Crippen molar-refractivity contribution in [3.05, 3.63) is 69.9 Å². The number of aryl methyl sites for hydroxylation is 1. The molecule has 0 saturated carbocycles. The number of hydrogen-bond donors (Lipinski definition) is 1. The summed E-state index contributed by atoms with van der Waals surface area (Å²) in [6.45, 7) is 3.60. The second kappa shape index (κ2) is 7.25. The highest BCUT2D eigenvalue weighted by Crippen LogP contribution is 2.32. The van der Waals surface area contributed by atoms with Crippen molar-refractivity contribution >= 4 is 17.2 Å². The van der Waals surface area contributed by atoms with E-state index in [1.54, 1.807) is 30.5 Å². The predicted molar refractivity (Wildman–Crippen MR) is 104 cm³/mol. The first-order valence-corrected chi connectivity index (χ1v) is 9.55. The van der Waals surface area contributed by atoms with Gasteiger partial charge in [-0.25, -0.2) is 13.8 Å². The molecular formula is C20H16F2N4O2S. The summed E-state index contributed by atoms with van der Waals surface area (Å²) in [6.07, 6.45) is 0. The van der Waals surface area contributed by atoms with Crippen molar-refractivity contribution in [1.82, 2.24) is 14.7 Å². The molecule has 0 unspecified atom stereocenters. The number of rotatable bonds is 5. The highest BCUT2D eigenvalue weighted by Gasteiger charge is 2.20. The van der Waals surface area contributed by atoms with Gasteiger partial charge in [0.05, 0.1) is 23.5 Å². The van der Waals surface area contributed by atoms with Crippen LogP contribution in [0.15, 0.2) is 40.2 Å². The first-order valence-electron chi connectivity index (χ1n) is 8.67. The molecule has 0 aliphatic heterocycles. The Labute approximate surface area is 168 Å². The Morgan fingerprint density at radius 3 is 2.66 bits per heavy atom. The van der Waals surface area contributed by atoms with E-state index in [1.165, 1.54) is 23.5 Å². The SMILES string of the molecule is Cc1cc(-c2nc(-c3cc(C(N)=O)c(C)n3Cc3ccc(F)cc3F)cs2)no1. The number of carbonyl (C=O) groups excluding carboxylic acids is 1. The molecule has 1 amide bonds. The van der Waals surface area contributed by atoms with Gasteiger partial charge in [-0.2, -0.15) is 0 Å². The molecule has 29 heavy (non-hydrogen) atoms. The summed E-state index contributed by atoms with van der Waals surface area (Å²) >= 11 is 1.37. The number of primary amides is 1. The van der Waals surface area contributed by atoms with Crippen molar-refractivity contribution in [2.24, 2.45) is 5.73 Å². The van der Waals surface area contributed by atoms with E-state index in [1.807, 2.05) is 5.38 Å². The molecule has 0 atom stereocenters. The first-order chi connectivity index (χ1) is 13.8. The van der Waals surface area contributed by atoms with Crippen molar-refractivity contribution in [3.8, 4) is 22.1 Å². The minimum atomic E-state index is -0.665. The second-order valence-electron chi connectivity index (χ2n) is 6.58. The van der Waals surface area contributed by atoms with Gasteiger partial charge in [-0.3, -0.25) is 4.79 Å². The fraction of sp³-hybridized carbons (Fsp3) is 0.150. The van der Waals surface area contributed by atoms with Crippen LogP contribution in [0.3, 0.4) is 0 Å².